The van der Waals surface area contributed by atoms with E-state index in [1.165, 1.54) is 6.42 Å². The molecule has 1 saturated heterocycles. The summed E-state index contributed by atoms with van der Waals surface area (Å²) in [4.78, 5) is 0. The number of hydrogen-bond donors (Lipinski definition) is 0. The largest absolute Gasteiger partial charge is 0.368 e. The van der Waals surface area contributed by atoms with Crippen LogP contribution in [0.4, 0.5) is 0 Å². The number of fused-ring (bicyclic) bond motifs is 2. The Hall–Kier alpha value is -0.300. The van der Waals surface area contributed by atoms with Gasteiger partial charge in [0.2, 0.25) is 0 Å². The third kappa shape index (κ3) is 0.645. The van der Waals surface area contributed by atoms with Crippen LogP contribution in [0.3, 0.4) is 0 Å². The normalized spacial score (nSPS) is 44.2. The molecule has 2 unspecified atom stereocenters. The van der Waals surface area contributed by atoms with Gasteiger partial charge in [0.25, 0.3) is 0 Å². The Balaban J connectivity index is 2.29. The summed E-state index contributed by atoms with van der Waals surface area (Å²) < 4.78 is 5.66. The molecule has 0 saturated carbocycles. The maximum absolute atomic E-state index is 5.66. The molecule has 2 rings (SSSR count). The molecule has 0 amide bonds. The van der Waals surface area contributed by atoms with Gasteiger partial charge in [0, 0.05) is 5.92 Å². The summed E-state index contributed by atoms with van der Waals surface area (Å²) in [6, 6.07) is 0. The Kier molecular flexibility index (Phi) is 0.854. The Labute approximate surface area is 55.7 Å². The van der Waals surface area contributed by atoms with Crippen molar-refractivity contribution in [1.29, 1.82) is 0 Å². The van der Waals surface area contributed by atoms with Crippen LogP contribution in [0.2, 0.25) is 0 Å². The molecule has 0 aromatic rings. The number of hydrogen-bond acceptors (Lipinski definition) is 1. The minimum absolute atomic E-state index is 0.124. The van der Waals surface area contributed by atoms with Gasteiger partial charge in [-0.2, -0.15) is 0 Å². The van der Waals surface area contributed by atoms with E-state index in [2.05, 4.69) is 26.0 Å². The van der Waals surface area contributed by atoms with Crippen LogP contribution in [0.5, 0.6) is 0 Å². The van der Waals surface area contributed by atoms with Crippen LogP contribution in [0.25, 0.3) is 0 Å². The molecule has 0 aromatic carbocycles. The molecular formula is C8H12O. The fourth-order valence-corrected chi connectivity index (χ4v) is 1.75. The van der Waals surface area contributed by atoms with Gasteiger partial charge in [-0.05, 0) is 20.3 Å². The lowest BCUT2D eigenvalue weighted by atomic mass is 9.93. The smallest absolute Gasteiger partial charge is 0.0770 e. The number of ether oxygens (including phenoxy) is 1. The lowest BCUT2D eigenvalue weighted by Gasteiger charge is -2.25. The van der Waals surface area contributed by atoms with E-state index in [-0.39, 0.29) is 5.60 Å². The van der Waals surface area contributed by atoms with Crippen LogP contribution in [0.1, 0.15) is 20.3 Å². The zero-order valence-corrected chi connectivity index (χ0v) is 5.92. The first-order valence-corrected chi connectivity index (χ1v) is 3.54. The third-order valence-corrected chi connectivity index (χ3v) is 2.39. The summed E-state index contributed by atoms with van der Waals surface area (Å²) in [5.41, 5.74) is 0.124. The predicted octanol–water partition coefficient (Wildman–Crippen LogP) is 1.74. The van der Waals surface area contributed by atoms with Gasteiger partial charge in [-0.15, -0.1) is 0 Å². The summed E-state index contributed by atoms with van der Waals surface area (Å²) >= 11 is 0. The Morgan fingerprint density at radius 1 is 1.44 bits per heavy atom. The van der Waals surface area contributed by atoms with Crippen LogP contribution in [-0.2, 0) is 4.74 Å². The van der Waals surface area contributed by atoms with E-state index in [9.17, 15) is 0 Å². The van der Waals surface area contributed by atoms with Gasteiger partial charge in [-0.1, -0.05) is 12.2 Å². The Bertz CT molecular complexity index is 158. The highest BCUT2D eigenvalue weighted by atomic mass is 16.5. The van der Waals surface area contributed by atoms with Crippen molar-refractivity contribution in [3.63, 3.8) is 0 Å². The van der Waals surface area contributed by atoms with E-state index in [0.29, 0.717) is 12.0 Å². The van der Waals surface area contributed by atoms with Crippen molar-refractivity contribution in [3.05, 3.63) is 12.2 Å². The van der Waals surface area contributed by atoms with Gasteiger partial charge in [-0.3, -0.25) is 0 Å². The van der Waals surface area contributed by atoms with Gasteiger partial charge in [0.15, 0.2) is 0 Å². The summed E-state index contributed by atoms with van der Waals surface area (Å²) in [6.45, 7) is 4.34. The first-order valence-electron chi connectivity index (χ1n) is 3.54. The molecule has 1 nitrogen and oxygen atoms in total. The van der Waals surface area contributed by atoms with Crippen LogP contribution in [0.15, 0.2) is 12.2 Å². The lowest BCUT2D eigenvalue weighted by Crippen LogP contribution is -2.28. The molecule has 0 aromatic heterocycles. The lowest BCUT2D eigenvalue weighted by molar-refractivity contribution is -0.0144. The van der Waals surface area contributed by atoms with Gasteiger partial charge in [0.1, 0.15) is 0 Å². The molecule has 2 bridgehead atoms. The Morgan fingerprint density at radius 2 is 2.22 bits per heavy atom. The van der Waals surface area contributed by atoms with Crippen molar-refractivity contribution in [2.45, 2.75) is 32.0 Å². The zero-order chi connectivity index (χ0) is 6.48. The van der Waals surface area contributed by atoms with Crippen molar-refractivity contribution in [2.75, 3.05) is 0 Å². The SMILES string of the molecule is CC1(C)OC2C=CC1C2. The molecular weight excluding hydrogens is 112 g/mol. The fourth-order valence-electron chi connectivity index (χ4n) is 1.75. The van der Waals surface area contributed by atoms with E-state index in [4.69, 9.17) is 4.74 Å². The maximum Gasteiger partial charge on any atom is 0.0770 e. The minimum atomic E-state index is 0.124. The molecule has 1 heteroatoms. The van der Waals surface area contributed by atoms with Crippen LogP contribution in [-0.4, -0.2) is 11.7 Å². The summed E-state index contributed by atoms with van der Waals surface area (Å²) in [6.07, 6.45) is 6.11. The van der Waals surface area contributed by atoms with E-state index in [1.807, 2.05) is 0 Å². The van der Waals surface area contributed by atoms with Crippen LogP contribution >= 0.6 is 0 Å². The molecule has 1 aliphatic heterocycles. The van der Waals surface area contributed by atoms with Crippen LogP contribution < -0.4 is 0 Å². The summed E-state index contributed by atoms with van der Waals surface area (Å²) in [5.74, 6) is 0.683. The second-order valence-electron chi connectivity index (χ2n) is 3.49. The average Bonchev–Trinajstić information content (AvgIpc) is 2.19. The second kappa shape index (κ2) is 1.40. The van der Waals surface area contributed by atoms with E-state index in [1.54, 1.807) is 0 Å². The van der Waals surface area contributed by atoms with Crippen LogP contribution in [0, 0.1) is 5.92 Å². The van der Waals surface area contributed by atoms with Gasteiger partial charge >= 0.3 is 0 Å². The third-order valence-electron chi connectivity index (χ3n) is 2.39. The molecule has 2 aliphatic rings. The molecule has 1 aliphatic carbocycles. The standard InChI is InChI=1S/C8H12O/c1-8(2)6-3-4-7(5-6)9-8/h3-4,6-7H,5H2,1-2H3. The quantitative estimate of drug-likeness (QED) is 0.447. The van der Waals surface area contributed by atoms with Crippen molar-refractivity contribution in [3.8, 4) is 0 Å². The van der Waals surface area contributed by atoms with E-state index < -0.39 is 0 Å². The highest BCUT2D eigenvalue weighted by Gasteiger charge is 2.42. The predicted molar refractivity (Wildman–Crippen MR) is 36.2 cm³/mol. The molecule has 2 atom stereocenters. The summed E-state index contributed by atoms with van der Waals surface area (Å²) in [5, 5.41) is 0. The Morgan fingerprint density at radius 3 is 2.44 bits per heavy atom. The number of rotatable bonds is 0. The second-order valence-corrected chi connectivity index (χ2v) is 3.49. The highest BCUT2D eigenvalue weighted by Crippen LogP contribution is 2.41. The first-order chi connectivity index (χ1) is 4.18. The van der Waals surface area contributed by atoms with Gasteiger partial charge in [-0.25, -0.2) is 0 Å². The minimum Gasteiger partial charge on any atom is -0.368 e. The summed E-state index contributed by atoms with van der Waals surface area (Å²) in [7, 11) is 0. The van der Waals surface area contributed by atoms with E-state index >= 15 is 0 Å². The molecule has 0 spiro atoms. The van der Waals surface area contributed by atoms with Crippen molar-refractivity contribution < 1.29 is 4.74 Å². The molecule has 50 valence electrons. The first kappa shape index (κ1) is 5.48. The zero-order valence-electron chi connectivity index (χ0n) is 5.92. The van der Waals surface area contributed by atoms with Crippen molar-refractivity contribution in [1.82, 2.24) is 0 Å². The molecule has 0 radical (unpaired) electrons. The average molecular weight is 124 g/mol. The molecule has 1 heterocycles. The topological polar surface area (TPSA) is 9.23 Å². The van der Waals surface area contributed by atoms with E-state index in [0.717, 1.165) is 0 Å². The van der Waals surface area contributed by atoms with Crippen molar-refractivity contribution >= 4 is 0 Å². The molecule has 1 fully saturated rings. The van der Waals surface area contributed by atoms with Crippen molar-refractivity contribution in [2.24, 2.45) is 5.92 Å². The monoisotopic (exact) mass is 124 g/mol. The highest BCUT2D eigenvalue weighted by molar-refractivity contribution is 5.13. The fraction of sp³-hybridized carbons (Fsp3) is 0.750. The molecule has 0 N–H and O–H groups in total. The molecule has 9 heavy (non-hydrogen) atoms. The van der Waals surface area contributed by atoms with Gasteiger partial charge < -0.3 is 4.74 Å². The van der Waals surface area contributed by atoms with Gasteiger partial charge in [0.05, 0.1) is 11.7 Å². The maximum atomic E-state index is 5.66.